The van der Waals surface area contributed by atoms with E-state index >= 15 is 0 Å². The lowest BCUT2D eigenvalue weighted by molar-refractivity contribution is -0.139. The zero-order valence-corrected chi connectivity index (χ0v) is 19.5. The largest absolute Gasteiger partial charge is 0.422 e. The number of halogens is 6. The molecule has 1 aliphatic rings. The molecule has 2 N–H and O–H groups in total. The highest BCUT2D eigenvalue weighted by atomic mass is 19.4. The molecule has 9 nitrogen and oxygen atoms in total. The van der Waals surface area contributed by atoms with Crippen molar-refractivity contribution in [2.24, 2.45) is 0 Å². The maximum Gasteiger partial charge on any atom is 0.422 e. The normalized spacial score (nSPS) is 15.8. The molecular weight excluding hydrogens is 496 g/mol. The van der Waals surface area contributed by atoms with Crippen LogP contribution in [-0.2, 0) is 30.1 Å². The number of H-pyrrole nitrogens is 1. The smallest absolute Gasteiger partial charge is 0.339 e. The Labute approximate surface area is 201 Å². The summed E-state index contributed by atoms with van der Waals surface area (Å²) in [6.07, 6.45) is -7.89. The fraction of sp³-hybridized carbons (Fsp3) is 0.571. The van der Waals surface area contributed by atoms with Crippen LogP contribution in [-0.4, -0.2) is 63.2 Å². The van der Waals surface area contributed by atoms with Crippen LogP contribution in [0.2, 0.25) is 0 Å². The summed E-state index contributed by atoms with van der Waals surface area (Å²) in [5.41, 5.74) is -3.66. The summed E-state index contributed by atoms with van der Waals surface area (Å²) in [4.78, 5) is 35.1. The van der Waals surface area contributed by atoms with Crippen molar-refractivity contribution >= 4 is 11.9 Å². The van der Waals surface area contributed by atoms with Crippen molar-refractivity contribution in [3.8, 4) is 0 Å². The van der Waals surface area contributed by atoms with E-state index in [-0.39, 0.29) is 42.5 Å². The van der Waals surface area contributed by atoms with Gasteiger partial charge in [0.2, 0.25) is 11.9 Å². The molecule has 0 bridgehead atoms. The van der Waals surface area contributed by atoms with Gasteiger partial charge in [-0.05, 0) is 18.9 Å². The molecular formula is C21H25F6N7O2. The summed E-state index contributed by atoms with van der Waals surface area (Å²) in [6.45, 7) is 4.42. The summed E-state index contributed by atoms with van der Waals surface area (Å²) >= 11 is 0. The average Bonchev–Trinajstić information content (AvgIpc) is 2.81. The summed E-state index contributed by atoms with van der Waals surface area (Å²) in [5, 5.41) is 8.60. The number of piperazine rings is 1. The van der Waals surface area contributed by atoms with Crippen molar-refractivity contribution in [1.82, 2.24) is 30.4 Å². The molecule has 1 fully saturated rings. The van der Waals surface area contributed by atoms with Crippen LogP contribution in [0.15, 0.2) is 17.2 Å². The Balaban J connectivity index is 1.52. The zero-order chi connectivity index (χ0) is 26.7. The van der Waals surface area contributed by atoms with Gasteiger partial charge < -0.3 is 15.1 Å². The van der Waals surface area contributed by atoms with Crippen molar-refractivity contribution in [2.45, 2.75) is 51.6 Å². The number of rotatable bonds is 7. The Morgan fingerprint density at radius 3 is 2.22 bits per heavy atom. The van der Waals surface area contributed by atoms with E-state index in [1.54, 1.807) is 16.7 Å². The maximum absolute atomic E-state index is 13.3. The number of nitrogens with zero attached hydrogens (tertiary/aromatic N) is 5. The predicted octanol–water partition coefficient (Wildman–Crippen LogP) is 2.38. The van der Waals surface area contributed by atoms with E-state index in [1.807, 2.05) is 5.10 Å². The number of hydrogen-bond donors (Lipinski definition) is 2. The van der Waals surface area contributed by atoms with Gasteiger partial charge in [0.25, 0.3) is 5.56 Å². The minimum absolute atomic E-state index is 0.0387. The van der Waals surface area contributed by atoms with Gasteiger partial charge >= 0.3 is 12.4 Å². The predicted molar refractivity (Wildman–Crippen MR) is 116 cm³/mol. The molecule has 0 saturated carbocycles. The topological polar surface area (TPSA) is 107 Å². The molecule has 0 radical (unpaired) electrons. The lowest BCUT2D eigenvalue weighted by Gasteiger charge is -2.35. The Morgan fingerprint density at radius 1 is 1.08 bits per heavy atom. The molecule has 2 aromatic heterocycles. The van der Waals surface area contributed by atoms with Crippen LogP contribution in [0.1, 0.15) is 42.7 Å². The molecule has 1 amide bonds. The third kappa shape index (κ3) is 6.50. The van der Waals surface area contributed by atoms with Crippen molar-refractivity contribution in [3.05, 3.63) is 45.1 Å². The van der Waals surface area contributed by atoms with Crippen LogP contribution < -0.4 is 15.8 Å². The number of amides is 1. The molecule has 0 aromatic carbocycles. The maximum atomic E-state index is 13.3. The van der Waals surface area contributed by atoms with Gasteiger partial charge in [-0.1, -0.05) is 6.92 Å². The van der Waals surface area contributed by atoms with Crippen molar-refractivity contribution in [2.75, 3.05) is 31.1 Å². The van der Waals surface area contributed by atoms with Crippen molar-refractivity contribution < 1.29 is 31.1 Å². The SMILES string of the molecule is CCc1c(CNC(C)CC(=O)N2CCN(c3ncc(C(F)(F)F)cn3)CC2)n[nH]c(=O)c1C(F)(F)F. The zero-order valence-electron chi connectivity index (χ0n) is 19.5. The Bertz CT molecular complexity index is 1110. The van der Waals surface area contributed by atoms with Gasteiger partial charge in [0.15, 0.2) is 0 Å². The van der Waals surface area contributed by atoms with Gasteiger partial charge in [0.05, 0.1) is 11.3 Å². The van der Waals surface area contributed by atoms with Crippen molar-refractivity contribution in [1.29, 1.82) is 0 Å². The van der Waals surface area contributed by atoms with Crippen LogP contribution >= 0.6 is 0 Å². The molecule has 2 aromatic rings. The monoisotopic (exact) mass is 521 g/mol. The number of carbonyl (C=O) groups excluding carboxylic acids is 1. The summed E-state index contributed by atoms with van der Waals surface area (Å²) in [6, 6.07) is -0.401. The minimum atomic E-state index is -4.81. The van der Waals surface area contributed by atoms with Crippen LogP contribution in [0.5, 0.6) is 0 Å². The molecule has 0 aliphatic carbocycles. The molecule has 1 aliphatic heterocycles. The average molecular weight is 521 g/mol. The van der Waals surface area contributed by atoms with Gasteiger partial charge in [-0.3, -0.25) is 9.59 Å². The summed E-state index contributed by atoms with van der Waals surface area (Å²) in [7, 11) is 0. The first kappa shape index (κ1) is 27.4. The van der Waals surface area contributed by atoms with E-state index in [0.717, 1.165) is 0 Å². The lowest BCUT2D eigenvalue weighted by atomic mass is 10.0. The molecule has 198 valence electrons. The molecule has 1 saturated heterocycles. The van der Waals surface area contributed by atoms with E-state index < -0.39 is 35.1 Å². The first-order chi connectivity index (χ1) is 16.8. The van der Waals surface area contributed by atoms with Crippen molar-refractivity contribution in [3.63, 3.8) is 0 Å². The number of alkyl halides is 6. The second-order valence-electron chi connectivity index (χ2n) is 8.33. The van der Waals surface area contributed by atoms with E-state index in [9.17, 15) is 35.9 Å². The molecule has 3 heterocycles. The number of aromatic amines is 1. The van der Waals surface area contributed by atoms with Gasteiger partial charge in [-0.25, -0.2) is 15.1 Å². The molecule has 1 atom stereocenters. The van der Waals surface area contributed by atoms with E-state index in [1.165, 1.54) is 6.92 Å². The van der Waals surface area contributed by atoms with Crippen LogP contribution in [0.25, 0.3) is 0 Å². The number of nitrogens with one attached hydrogen (secondary N) is 2. The molecule has 36 heavy (non-hydrogen) atoms. The molecule has 1 unspecified atom stereocenters. The fourth-order valence-corrected chi connectivity index (χ4v) is 3.87. The van der Waals surface area contributed by atoms with Gasteiger partial charge in [0, 0.05) is 57.6 Å². The van der Waals surface area contributed by atoms with Gasteiger partial charge in [-0.2, -0.15) is 31.4 Å². The minimum Gasteiger partial charge on any atom is -0.339 e. The second-order valence-corrected chi connectivity index (χ2v) is 8.33. The first-order valence-electron chi connectivity index (χ1n) is 11.1. The Morgan fingerprint density at radius 2 is 1.69 bits per heavy atom. The number of carbonyl (C=O) groups is 1. The van der Waals surface area contributed by atoms with Gasteiger partial charge in [-0.15, -0.1) is 0 Å². The summed E-state index contributed by atoms with van der Waals surface area (Å²) < 4.78 is 77.8. The van der Waals surface area contributed by atoms with Crippen LogP contribution in [0, 0.1) is 0 Å². The van der Waals surface area contributed by atoms with E-state index in [2.05, 4.69) is 20.4 Å². The Hall–Kier alpha value is -3.23. The second kappa shape index (κ2) is 10.8. The summed E-state index contributed by atoms with van der Waals surface area (Å²) in [5.74, 6) is -0.0485. The Kier molecular flexibility index (Phi) is 8.21. The third-order valence-electron chi connectivity index (χ3n) is 5.79. The molecule has 3 rings (SSSR count). The fourth-order valence-electron chi connectivity index (χ4n) is 3.87. The van der Waals surface area contributed by atoms with Crippen LogP contribution in [0.3, 0.4) is 0 Å². The first-order valence-corrected chi connectivity index (χ1v) is 11.1. The highest BCUT2D eigenvalue weighted by Crippen LogP contribution is 2.30. The lowest BCUT2D eigenvalue weighted by Crippen LogP contribution is -2.50. The van der Waals surface area contributed by atoms with E-state index in [0.29, 0.717) is 38.6 Å². The number of aromatic nitrogens is 4. The standard InChI is InChI=1S/C21H25F6N7O2/c1-3-14-15(31-32-18(36)17(14)21(25,26)27)11-28-12(2)8-16(35)33-4-6-34(7-5-33)19-29-9-13(10-30-19)20(22,23)24/h9-10,12,28H,3-8,11H2,1-2H3,(H,32,36). The highest BCUT2D eigenvalue weighted by molar-refractivity contribution is 5.77. The van der Waals surface area contributed by atoms with Crippen LogP contribution in [0.4, 0.5) is 32.3 Å². The molecule has 15 heteroatoms. The highest BCUT2D eigenvalue weighted by Gasteiger charge is 2.38. The van der Waals surface area contributed by atoms with E-state index in [4.69, 9.17) is 0 Å². The van der Waals surface area contributed by atoms with Gasteiger partial charge in [0.1, 0.15) is 5.56 Å². The number of anilines is 1. The quantitative estimate of drug-likeness (QED) is 0.539. The number of hydrogen-bond acceptors (Lipinski definition) is 7. The third-order valence-corrected chi connectivity index (χ3v) is 5.79. The molecule has 0 spiro atoms.